The van der Waals surface area contributed by atoms with Crippen molar-refractivity contribution in [2.24, 2.45) is 0 Å². The molecule has 0 fully saturated rings. The van der Waals surface area contributed by atoms with Crippen molar-refractivity contribution in [2.45, 2.75) is 19.3 Å². The fraction of sp³-hybridized carbons (Fsp3) is 0.0769. The molecule has 1 aliphatic carbocycles. The van der Waals surface area contributed by atoms with Gasteiger partial charge in [0, 0.05) is 38.9 Å². The van der Waals surface area contributed by atoms with E-state index in [1.807, 2.05) is 10.6 Å². The van der Waals surface area contributed by atoms with Gasteiger partial charge >= 0.3 is 0 Å². The number of nitrogens with zero attached hydrogens (tertiary/aromatic N) is 3. The van der Waals surface area contributed by atoms with Crippen molar-refractivity contribution >= 4 is 38.1 Å². The lowest BCUT2D eigenvalue weighted by Gasteiger charge is -2.22. The van der Waals surface area contributed by atoms with E-state index in [9.17, 15) is 0 Å². The summed E-state index contributed by atoms with van der Waals surface area (Å²) in [5, 5.41) is 9.61. The van der Waals surface area contributed by atoms with Crippen LogP contribution in [0.25, 0.3) is 71.6 Å². The normalized spacial score (nSPS) is 13.7. The van der Waals surface area contributed by atoms with Crippen LogP contribution in [0.15, 0.2) is 128 Å². The molecule has 0 aliphatic heterocycles. The summed E-state index contributed by atoms with van der Waals surface area (Å²) < 4.78 is 1.99. The van der Waals surface area contributed by atoms with Crippen LogP contribution in [0.3, 0.4) is 0 Å². The van der Waals surface area contributed by atoms with Gasteiger partial charge in [0.25, 0.3) is 0 Å². The monoisotopic (exact) mass is 537 g/mol. The van der Waals surface area contributed by atoms with Crippen LogP contribution in [0.1, 0.15) is 25.0 Å². The minimum Gasteiger partial charge on any atom is -0.247 e. The second kappa shape index (κ2) is 8.37. The van der Waals surface area contributed by atoms with Gasteiger partial charge in [0.1, 0.15) is 0 Å². The third-order valence-electron chi connectivity index (χ3n) is 9.22. The zero-order chi connectivity index (χ0) is 28.0. The minimum absolute atomic E-state index is 0.0666. The first kappa shape index (κ1) is 23.4. The van der Waals surface area contributed by atoms with E-state index in [1.165, 1.54) is 43.8 Å². The maximum Gasteiger partial charge on any atom is 0.0933 e. The molecule has 198 valence electrons. The van der Waals surface area contributed by atoms with E-state index in [0.717, 1.165) is 38.9 Å². The van der Waals surface area contributed by atoms with Crippen LogP contribution in [0.5, 0.6) is 0 Å². The summed E-state index contributed by atoms with van der Waals surface area (Å²) in [6.07, 6.45) is 2.12. The lowest BCUT2D eigenvalue weighted by molar-refractivity contribution is 0.661. The number of fused-ring (bicyclic) bond motifs is 9. The molecule has 3 heterocycles. The van der Waals surface area contributed by atoms with E-state index in [1.54, 1.807) is 0 Å². The Hall–Kier alpha value is -5.28. The largest absolute Gasteiger partial charge is 0.247 e. The van der Waals surface area contributed by atoms with Gasteiger partial charge in [0.05, 0.1) is 22.2 Å². The Labute approximate surface area is 243 Å². The van der Waals surface area contributed by atoms with Gasteiger partial charge in [0.15, 0.2) is 0 Å². The van der Waals surface area contributed by atoms with Gasteiger partial charge in [-0.25, -0.2) is 9.50 Å². The molecule has 0 N–H and O–H groups in total. The first-order chi connectivity index (χ1) is 20.6. The molecule has 42 heavy (non-hydrogen) atoms. The van der Waals surface area contributed by atoms with Gasteiger partial charge in [-0.3, -0.25) is 0 Å². The summed E-state index contributed by atoms with van der Waals surface area (Å²) in [5.74, 6) is 0. The quantitative estimate of drug-likeness (QED) is 0.205. The lowest BCUT2D eigenvalue weighted by atomic mass is 9.81. The molecule has 0 unspecified atom stereocenters. The number of para-hydroxylation sites is 1. The van der Waals surface area contributed by atoms with E-state index in [-0.39, 0.29) is 5.41 Å². The first-order valence-corrected chi connectivity index (χ1v) is 14.5. The van der Waals surface area contributed by atoms with Crippen molar-refractivity contribution in [2.75, 3.05) is 0 Å². The van der Waals surface area contributed by atoms with Gasteiger partial charge < -0.3 is 0 Å². The average molecular weight is 538 g/mol. The predicted molar refractivity (Wildman–Crippen MR) is 174 cm³/mol. The standard InChI is InChI=1S/C39H27N3/c1-39(2)33-12-6-3-9-27(33)31-21-30-28-10-4-7-13-35(28)40-38(32(30)22-34(31)39)25-17-15-24(16-18-25)26-19-20-37-29-11-5-8-14-36(29)41-42(37)23-26/h3-23H,1-2H3. The van der Waals surface area contributed by atoms with Gasteiger partial charge in [-0.15, -0.1) is 0 Å². The second-order valence-electron chi connectivity index (χ2n) is 11.9. The molecule has 0 radical (unpaired) electrons. The Morgan fingerprint density at radius 2 is 1.21 bits per heavy atom. The van der Waals surface area contributed by atoms with Crippen molar-refractivity contribution in [3.8, 4) is 33.5 Å². The Kier molecular flexibility index (Phi) is 4.67. The fourth-order valence-corrected chi connectivity index (χ4v) is 7.04. The molecule has 5 aromatic carbocycles. The molecular formula is C39H27N3. The molecule has 0 amide bonds. The molecule has 0 saturated carbocycles. The number of hydrogen-bond donors (Lipinski definition) is 0. The zero-order valence-corrected chi connectivity index (χ0v) is 23.5. The highest BCUT2D eigenvalue weighted by Crippen LogP contribution is 2.51. The van der Waals surface area contributed by atoms with Crippen LogP contribution in [0.4, 0.5) is 0 Å². The molecule has 0 bridgehead atoms. The van der Waals surface area contributed by atoms with Crippen molar-refractivity contribution in [3.05, 3.63) is 139 Å². The summed E-state index contributed by atoms with van der Waals surface area (Å²) in [6, 6.07) is 43.6. The topological polar surface area (TPSA) is 30.2 Å². The number of aromatic nitrogens is 3. The van der Waals surface area contributed by atoms with Crippen LogP contribution in [0, 0.1) is 0 Å². The molecule has 9 rings (SSSR count). The first-order valence-electron chi connectivity index (χ1n) is 14.5. The van der Waals surface area contributed by atoms with Crippen molar-refractivity contribution in [3.63, 3.8) is 0 Å². The Bertz CT molecular complexity index is 2380. The van der Waals surface area contributed by atoms with E-state index < -0.39 is 0 Å². The van der Waals surface area contributed by atoms with E-state index in [2.05, 4.69) is 135 Å². The lowest BCUT2D eigenvalue weighted by Crippen LogP contribution is -2.14. The maximum absolute atomic E-state index is 5.25. The molecular weight excluding hydrogens is 510 g/mol. The van der Waals surface area contributed by atoms with Gasteiger partial charge in [-0.1, -0.05) is 105 Å². The summed E-state index contributed by atoms with van der Waals surface area (Å²) in [4.78, 5) is 5.25. The highest BCUT2D eigenvalue weighted by molar-refractivity contribution is 6.13. The smallest absolute Gasteiger partial charge is 0.0933 e. The Morgan fingerprint density at radius 3 is 2.07 bits per heavy atom. The Balaban J connectivity index is 1.21. The number of rotatable bonds is 2. The minimum atomic E-state index is -0.0666. The molecule has 0 atom stereocenters. The zero-order valence-electron chi connectivity index (χ0n) is 23.5. The molecule has 0 saturated heterocycles. The molecule has 3 aromatic heterocycles. The second-order valence-corrected chi connectivity index (χ2v) is 11.9. The SMILES string of the molecule is CC1(C)c2ccccc2-c2cc3c(cc21)c(-c1ccc(-c2ccc4c5ccccc5nn4c2)cc1)nc1ccccc13. The maximum atomic E-state index is 5.25. The number of benzene rings is 5. The molecule has 0 spiro atoms. The highest BCUT2D eigenvalue weighted by Gasteiger charge is 2.35. The van der Waals surface area contributed by atoms with Crippen molar-refractivity contribution in [1.29, 1.82) is 0 Å². The van der Waals surface area contributed by atoms with Gasteiger partial charge in [-0.2, -0.15) is 5.10 Å². The molecule has 8 aromatic rings. The third kappa shape index (κ3) is 3.22. The van der Waals surface area contributed by atoms with E-state index in [0.29, 0.717) is 0 Å². The Morgan fingerprint density at radius 1 is 0.524 bits per heavy atom. The average Bonchev–Trinajstić information content (AvgIpc) is 3.51. The number of hydrogen-bond acceptors (Lipinski definition) is 2. The molecule has 3 nitrogen and oxygen atoms in total. The van der Waals surface area contributed by atoms with Crippen LogP contribution in [-0.2, 0) is 5.41 Å². The van der Waals surface area contributed by atoms with Crippen LogP contribution in [0.2, 0.25) is 0 Å². The van der Waals surface area contributed by atoms with Gasteiger partial charge in [-0.05, 0) is 63.5 Å². The van der Waals surface area contributed by atoms with Crippen LogP contribution < -0.4 is 0 Å². The van der Waals surface area contributed by atoms with E-state index >= 15 is 0 Å². The van der Waals surface area contributed by atoms with Crippen LogP contribution >= 0.6 is 0 Å². The van der Waals surface area contributed by atoms with Crippen LogP contribution in [-0.4, -0.2) is 14.6 Å². The molecule has 3 heteroatoms. The van der Waals surface area contributed by atoms with Crippen molar-refractivity contribution < 1.29 is 0 Å². The molecule has 1 aliphatic rings. The summed E-state index contributed by atoms with van der Waals surface area (Å²) >= 11 is 0. The summed E-state index contributed by atoms with van der Waals surface area (Å²) in [7, 11) is 0. The third-order valence-corrected chi connectivity index (χ3v) is 9.22. The summed E-state index contributed by atoms with van der Waals surface area (Å²) in [5.41, 5.74) is 13.0. The predicted octanol–water partition coefficient (Wildman–Crippen LogP) is 9.83. The summed E-state index contributed by atoms with van der Waals surface area (Å²) in [6.45, 7) is 4.68. The van der Waals surface area contributed by atoms with E-state index in [4.69, 9.17) is 10.1 Å². The highest BCUT2D eigenvalue weighted by atomic mass is 15.2. The fourth-order valence-electron chi connectivity index (χ4n) is 7.04. The van der Waals surface area contributed by atoms with Crippen molar-refractivity contribution in [1.82, 2.24) is 14.6 Å². The van der Waals surface area contributed by atoms with Gasteiger partial charge in [0.2, 0.25) is 0 Å². The number of pyridine rings is 2.